The minimum Gasteiger partial charge on any atom is -0.309 e. The van der Waals surface area contributed by atoms with E-state index in [-0.39, 0.29) is 17.8 Å². The predicted molar refractivity (Wildman–Crippen MR) is 73.9 cm³/mol. The molecule has 0 fully saturated rings. The molecular formula is C14H20ClNO. The van der Waals surface area contributed by atoms with Gasteiger partial charge in [-0.05, 0) is 50.5 Å². The SMILES string of the molecule is CCc1cc(C)cc(N(C(=O)CCl)C(C)C)c1. The van der Waals surface area contributed by atoms with Crippen LogP contribution >= 0.6 is 11.6 Å². The van der Waals surface area contributed by atoms with Crippen molar-refractivity contribution in [2.45, 2.75) is 40.2 Å². The van der Waals surface area contributed by atoms with E-state index in [1.54, 1.807) is 4.90 Å². The lowest BCUT2D eigenvalue weighted by Gasteiger charge is -2.27. The van der Waals surface area contributed by atoms with Gasteiger partial charge in [0.15, 0.2) is 0 Å². The molecule has 0 saturated carbocycles. The van der Waals surface area contributed by atoms with Crippen molar-refractivity contribution in [3.8, 4) is 0 Å². The van der Waals surface area contributed by atoms with Crippen molar-refractivity contribution in [1.29, 1.82) is 0 Å². The number of halogens is 1. The zero-order valence-electron chi connectivity index (χ0n) is 11.0. The number of carbonyl (C=O) groups excluding carboxylic acids is 1. The summed E-state index contributed by atoms with van der Waals surface area (Å²) in [4.78, 5) is 13.6. The molecule has 0 atom stereocenters. The monoisotopic (exact) mass is 253 g/mol. The molecule has 0 unspecified atom stereocenters. The molecule has 17 heavy (non-hydrogen) atoms. The van der Waals surface area contributed by atoms with Crippen molar-refractivity contribution in [2.75, 3.05) is 10.8 Å². The number of anilines is 1. The summed E-state index contributed by atoms with van der Waals surface area (Å²) in [6, 6.07) is 6.36. The molecule has 94 valence electrons. The number of rotatable bonds is 4. The lowest BCUT2D eigenvalue weighted by Crippen LogP contribution is -2.38. The maximum absolute atomic E-state index is 11.9. The number of amides is 1. The van der Waals surface area contributed by atoms with Crippen molar-refractivity contribution in [2.24, 2.45) is 0 Å². The first-order chi connectivity index (χ1) is 7.99. The van der Waals surface area contributed by atoms with Crippen LogP contribution in [0.2, 0.25) is 0 Å². The molecule has 0 N–H and O–H groups in total. The van der Waals surface area contributed by atoms with Crippen molar-refractivity contribution >= 4 is 23.2 Å². The third kappa shape index (κ3) is 3.47. The fourth-order valence-electron chi connectivity index (χ4n) is 1.98. The summed E-state index contributed by atoms with van der Waals surface area (Å²) < 4.78 is 0. The van der Waals surface area contributed by atoms with Gasteiger partial charge in [-0.1, -0.05) is 13.0 Å². The van der Waals surface area contributed by atoms with Crippen LogP contribution in [0.3, 0.4) is 0 Å². The first-order valence-electron chi connectivity index (χ1n) is 5.98. The molecule has 1 aromatic carbocycles. The molecule has 0 aliphatic rings. The first kappa shape index (κ1) is 14.0. The highest BCUT2D eigenvalue weighted by atomic mass is 35.5. The Balaban J connectivity index is 3.18. The van der Waals surface area contributed by atoms with E-state index in [9.17, 15) is 4.79 Å². The van der Waals surface area contributed by atoms with Crippen LogP contribution in [0.25, 0.3) is 0 Å². The molecule has 0 radical (unpaired) electrons. The van der Waals surface area contributed by atoms with Crippen LogP contribution in [-0.2, 0) is 11.2 Å². The zero-order valence-corrected chi connectivity index (χ0v) is 11.7. The molecule has 1 aromatic rings. The Kier molecular flexibility index (Phi) is 5.01. The van der Waals surface area contributed by atoms with Crippen LogP contribution in [0.15, 0.2) is 18.2 Å². The number of hydrogen-bond acceptors (Lipinski definition) is 1. The highest BCUT2D eigenvalue weighted by Crippen LogP contribution is 2.22. The van der Waals surface area contributed by atoms with Gasteiger partial charge in [-0.3, -0.25) is 4.79 Å². The van der Waals surface area contributed by atoms with Crippen molar-refractivity contribution in [3.05, 3.63) is 29.3 Å². The van der Waals surface area contributed by atoms with Gasteiger partial charge in [0.1, 0.15) is 5.88 Å². The Morgan fingerprint density at radius 1 is 1.35 bits per heavy atom. The lowest BCUT2D eigenvalue weighted by molar-refractivity contribution is -0.116. The van der Waals surface area contributed by atoms with Gasteiger partial charge in [-0.2, -0.15) is 0 Å². The fourth-order valence-corrected chi connectivity index (χ4v) is 2.11. The molecule has 1 rings (SSSR count). The maximum Gasteiger partial charge on any atom is 0.242 e. The van der Waals surface area contributed by atoms with E-state index in [0.717, 1.165) is 12.1 Å². The van der Waals surface area contributed by atoms with Gasteiger partial charge in [0.25, 0.3) is 0 Å². The maximum atomic E-state index is 11.9. The molecular weight excluding hydrogens is 234 g/mol. The molecule has 0 spiro atoms. The van der Waals surface area contributed by atoms with Gasteiger partial charge in [0, 0.05) is 11.7 Å². The standard InChI is InChI=1S/C14H20ClNO/c1-5-12-6-11(4)7-13(8-12)16(10(2)3)14(17)9-15/h6-8,10H,5,9H2,1-4H3. The minimum absolute atomic E-state index is 0.0214. The summed E-state index contributed by atoms with van der Waals surface area (Å²) in [5.41, 5.74) is 3.36. The van der Waals surface area contributed by atoms with Gasteiger partial charge < -0.3 is 4.90 Å². The number of nitrogens with zero attached hydrogens (tertiary/aromatic N) is 1. The highest BCUT2D eigenvalue weighted by molar-refractivity contribution is 6.29. The van der Waals surface area contributed by atoms with Crippen molar-refractivity contribution in [1.82, 2.24) is 0 Å². The Hall–Kier alpha value is -1.02. The summed E-state index contributed by atoms with van der Waals surface area (Å²) in [6.45, 7) is 8.16. The number of alkyl halides is 1. The topological polar surface area (TPSA) is 20.3 Å². The Bertz CT molecular complexity index is 401. The van der Waals surface area contributed by atoms with E-state index in [1.807, 2.05) is 26.8 Å². The van der Waals surface area contributed by atoms with Gasteiger partial charge in [-0.15, -0.1) is 11.6 Å². The van der Waals surface area contributed by atoms with Crippen molar-refractivity contribution < 1.29 is 4.79 Å². The van der Waals surface area contributed by atoms with Crippen LogP contribution in [0.1, 0.15) is 31.9 Å². The summed E-state index contributed by atoms with van der Waals surface area (Å²) in [7, 11) is 0. The quantitative estimate of drug-likeness (QED) is 0.752. The lowest BCUT2D eigenvalue weighted by atomic mass is 10.1. The highest BCUT2D eigenvalue weighted by Gasteiger charge is 2.18. The number of hydrogen-bond donors (Lipinski definition) is 0. The van der Waals surface area contributed by atoms with Gasteiger partial charge >= 0.3 is 0 Å². The summed E-state index contributed by atoms with van der Waals surface area (Å²) in [6.07, 6.45) is 0.968. The van der Waals surface area contributed by atoms with Crippen LogP contribution in [0, 0.1) is 6.92 Å². The molecule has 0 aromatic heterocycles. The first-order valence-corrected chi connectivity index (χ1v) is 6.51. The van der Waals surface area contributed by atoms with Gasteiger partial charge in [0.05, 0.1) is 0 Å². The van der Waals surface area contributed by atoms with Gasteiger partial charge in [-0.25, -0.2) is 0 Å². The Labute approximate surface area is 109 Å². The zero-order chi connectivity index (χ0) is 13.0. The molecule has 0 aliphatic carbocycles. The van der Waals surface area contributed by atoms with Crippen LogP contribution < -0.4 is 4.90 Å². The second-order valence-electron chi connectivity index (χ2n) is 4.52. The third-order valence-electron chi connectivity index (χ3n) is 2.71. The average Bonchev–Trinajstić information content (AvgIpc) is 2.27. The van der Waals surface area contributed by atoms with E-state index >= 15 is 0 Å². The molecule has 0 aliphatic heterocycles. The van der Waals surface area contributed by atoms with Gasteiger partial charge in [0.2, 0.25) is 5.91 Å². The minimum atomic E-state index is -0.0469. The fraction of sp³-hybridized carbons (Fsp3) is 0.500. The predicted octanol–water partition coefficient (Wildman–Crippen LogP) is 3.54. The van der Waals surface area contributed by atoms with E-state index in [2.05, 4.69) is 19.1 Å². The van der Waals surface area contributed by atoms with E-state index in [4.69, 9.17) is 11.6 Å². The largest absolute Gasteiger partial charge is 0.309 e. The molecule has 0 heterocycles. The second kappa shape index (κ2) is 6.06. The Morgan fingerprint density at radius 2 is 2.00 bits per heavy atom. The van der Waals surface area contributed by atoms with Crippen LogP contribution in [0.5, 0.6) is 0 Å². The van der Waals surface area contributed by atoms with E-state index < -0.39 is 0 Å². The molecule has 0 saturated heterocycles. The molecule has 3 heteroatoms. The average molecular weight is 254 g/mol. The normalized spacial score (nSPS) is 10.7. The van der Waals surface area contributed by atoms with Crippen LogP contribution in [0.4, 0.5) is 5.69 Å². The number of aryl methyl sites for hydroxylation is 2. The Morgan fingerprint density at radius 3 is 2.47 bits per heavy atom. The molecule has 1 amide bonds. The summed E-state index contributed by atoms with van der Waals surface area (Å²) in [5, 5.41) is 0. The molecule has 2 nitrogen and oxygen atoms in total. The van der Waals surface area contributed by atoms with Crippen LogP contribution in [-0.4, -0.2) is 17.8 Å². The second-order valence-corrected chi connectivity index (χ2v) is 4.79. The van der Waals surface area contributed by atoms with E-state index in [0.29, 0.717) is 0 Å². The smallest absolute Gasteiger partial charge is 0.242 e. The van der Waals surface area contributed by atoms with E-state index in [1.165, 1.54) is 11.1 Å². The molecule has 0 bridgehead atoms. The summed E-state index contributed by atoms with van der Waals surface area (Å²) in [5.74, 6) is -0.0255. The van der Waals surface area contributed by atoms with Crippen molar-refractivity contribution in [3.63, 3.8) is 0 Å². The summed E-state index contributed by atoms with van der Waals surface area (Å²) >= 11 is 5.66. The number of carbonyl (C=O) groups is 1. The number of benzene rings is 1. The third-order valence-corrected chi connectivity index (χ3v) is 2.94.